The molecular formula is C45H43N7O8S. The van der Waals surface area contributed by atoms with Gasteiger partial charge in [0.1, 0.15) is 17.5 Å². The predicted octanol–water partition coefficient (Wildman–Crippen LogP) is 5.97. The lowest BCUT2D eigenvalue weighted by molar-refractivity contribution is -0.136. The fourth-order valence-electron chi connectivity index (χ4n) is 7.92. The van der Waals surface area contributed by atoms with Gasteiger partial charge in [0.2, 0.25) is 17.7 Å². The van der Waals surface area contributed by atoms with E-state index in [2.05, 4.69) is 27.0 Å². The second-order valence-electron chi connectivity index (χ2n) is 14.9. The molecule has 1 fully saturated rings. The summed E-state index contributed by atoms with van der Waals surface area (Å²) in [5.74, 6) is -1.38. The van der Waals surface area contributed by atoms with Gasteiger partial charge in [-0.15, -0.1) is 11.3 Å². The largest absolute Gasteiger partial charge is 0.494 e. The third-order valence-corrected chi connectivity index (χ3v) is 11.8. The number of hydrogen-bond donors (Lipinski definition) is 3. The highest BCUT2D eigenvalue weighted by molar-refractivity contribution is 7.16. The van der Waals surface area contributed by atoms with Crippen molar-refractivity contribution in [2.45, 2.75) is 57.9 Å². The summed E-state index contributed by atoms with van der Waals surface area (Å²) >= 11 is 1.41. The highest BCUT2D eigenvalue weighted by Crippen LogP contribution is 2.37. The molecule has 0 saturated carbocycles. The van der Waals surface area contributed by atoms with Crippen LogP contribution in [0.25, 0.3) is 11.3 Å². The molecule has 15 nitrogen and oxygen atoms in total. The van der Waals surface area contributed by atoms with Gasteiger partial charge in [0, 0.05) is 47.5 Å². The molecule has 1 unspecified atom stereocenters. The van der Waals surface area contributed by atoms with Gasteiger partial charge < -0.3 is 25.0 Å². The molecule has 2 aromatic heterocycles. The number of benzene rings is 3. The van der Waals surface area contributed by atoms with Crippen molar-refractivity contribution < 1.29 is 38.2 Å². The molecule has 3 aliphatic rings. The summed E-state index contributed by atoms with van der Waals surface area (Å²) < 4.78 is 11.4. The number of pyridine rings is 1. The molecule has 312 valence electrons. The Hall–Kier alpha value is -6.94. The Morgan fingerprint density at radius 1 is 0.967 bits per heavy atom. The molecule has 61 heavy (non-hydrogen) atoms. The highest BCUT2D eigenvalue weighted by atomic mass is 32.1. The molecule has 1 atom stereocenters. The number of hydrogen-bond acceptors (Lipinski definition) is 12. The Labute approximate surface area is 355 Å². The smallest absolute Gasteiger partial charge is 0.264 e. The van der Waals surface area contributed by atoms with E-state index in [-0.39, 0.29) is 42.2 Å². The van der Waals surface area contributed by atoms with Crippen molar-refractivity contribution in [3.63, 3.8) is 0 Å². The molecule has 3 N–H and O–H groups in total. The predicted molar refractivity (Wildman–Crippen MR) is 228 cm³/mol. The molecule has 5 heterocycles. The third kappa shape index (κ3) is 8.57. The van der Waals surface area contributed by atoms with Gasteiger partial charge in [-0.3, -0.25) is 44.0 Å². The number of aryl methyl sites for hydroxylation is 1. The van der Waals surface area contributed by atoms with Gasteiger partial charge in [-0.2, -0.15) is 0 Å². The summed E-state index contributed by atoms with van der Waals surface area (Å²) in [6.45, 7) is 3.55. The second-order valence-corrected chi connectivity index (χ2v) is 16.1. The van der Waals surface area contributed by atoms with Crippen LogP contribution in [0.15, 0.2) is 79.1 Å². The monoisotopic (exact) mass is 841 g/mol. The van der Waals surface area contributed by atoms with E-state index < -0.39 is 29.7 Å². The van der Waals surface area contributed by atoms with E-state index in [1.54, 1.807) is 35.4 Å². The van der Waals surface area contributed by atoms with E-state index in [9.17, 15) is 28.8 Å². The van der Waals surface area contributed by atoms with Crippen LogP contribution < -0.4 is 30.3 Å². The lowest BCUT2D eigenvalue weighted by Gasteiger charge is -2.27. The molecule has 16 heteroatoms. The van der Waals surface area contributed by atoms with Crippen LogP contribution in [0.5, 0.6) is 11.5 Å². The summed E-state index contributed by atoms with van der Waals surface area (Å²) in [5.41, 5.74) is 5.85. The number of nitrogens with one attached hydrogen (secondary N) is 3. The van der Waals surface area contributed by atoms with Crippen molar-refractivity contribution in [2.24, 2.45) is 0 Å². The van der Waals surface area contributed by atoms with Crippen LogP contribution in [0.3, 0.4) is 0 Å². The Bertz CT molecular complexity index is 2570. The quantitative estimate of drug-likeness (QED) is 0.0833. The average Bonchev–Trinajstić information content (AvgIpc) is 3.92. The second kappa shape index (κ2) is 17.7. The molecule has 1 saturated heterocycles. The van der Waals surface area contributed by atoms with Gasteiger partial charge in [-0.1, -0.05) is 24.3 Å². The zero-order valence-electron chi connectivity index (χ0n) is 33.6. The highest BCUT2D eigenvalue weighted by Gasteiger charge is 2.45. The van der Waals surface area contributed by atoms with Gasteiger partial charge in [0.15, 0.2) is 5.13 Å². The number of nitrogens with zero attached hydrogens (tertiary/aromatic N) is 4. The standard InChI is InChI=1S/C45H43N7O8S/c1-26-40(29-12-13-34-28(24-29)17-20-51(34)42(56)31-16-19-46-25-36(31)59-2)50-45(61-26)49-38(54)23-27-8-6-9-30(22-27)60-21-5-3-4-18-47-33-11-7-10-32-39(33)44(58)52(43(32)57)35-14-15-37(53)48-41(35)55/h6-13,16,19,22,24-25,35,47H,3-5,14-15,17-18,20-21,23H2,1-2H3,(H,48,53,55)(H,49,50,54). The van der Waals surface area contributed by atoms with E-state index in [0.717, 1.165) is 57.1 Å². The first-order chi connectivity index (χ1) is 29.6. The van der Waals surface area contributed by atoms with Gasteiger partial charge in [0.05, 0.1) is 48.7 Å². The number of piperidine rings is 1. The topological polar surface area (TPSA) is 189 Å². The molecule has 8 rings (SSSR count). The van der Waals surface area contributed by atoms with E-state index in [1.807, 2.05) is 43.3 Å². The number of carbonyl (C=O) groups excluding carboxylic acids is 6. The third-order valence-electron chi connectivity index (χ3n) is 10.9. The SMILES string of the molecule is COc1cnccc1C(=O)N1CCc2cc(-c3nc(NC(=O)Cc4cccc(OCCCCCNc5cccc6c5C(=O)N(C5CCC(=O)NC5=O)C6=O)c4)sc3C)ccc21. The molecular weight excluding hydrogens is 799 g/mol. The maximum absolute atomic E-state index is 13.4. The number of aromatic nitrogens is 2. The zero-order chi connectivity index (χ0) is 42.6. The van der Waals surface area contributed by atoms with Crippen molar-refractivity contribution in [2.75, 3.05) is 42.3 Å². The van der Waals surface area contributed by atoms with Gasteiger partial charge in [0.25, 0.3) is 17.7 Å². The molecule has 0 radical (unpaired) electrons. The number of anilines is 3. The van der Waals surface area contributed by atoms with Crippen LogP contribution in [0.2, 0.25) is 0 Å². The lowest BCUT2D eigenvalue weighted by Crippen LogP contribution is -2.54. The van der Waals surface area contributed by atoms with Gasteiger partial charge >= 0.3 is 0 Å². The Morgan fingerprint density at radius 2 is 1.82 bits per heavy atom. The number of methoxy groups -OCH3 is 1. The van der Waals surface area contributed by atoms with Crippen LogP contribution in [-0.2, 0) is 27.2 Å². The zero-order valence-corrected chi connectivity index (χ0v) is 34.4. The molecule has 0 bridgehead atoms. The number of unbranched alkanes of at least 4 members (excludes halogenated alkanes) is 2. The Balaban J connectivity index is 0.786. The normalized spacial score (nSPS) is 15.7. The first-order valence-electron chi connectivity index (χ1n) is 20.1. The summed E-state index contributed by atoms with van der Waals surface area (Å²) in [4.78, 5) is 89.5. The van der Waals surface area contributed by atoms with Gasteiger partial charge in [-0.25, -0.2) is 4.98 Å². The van der Waals surface area contributed by atoms with Crippen LogP contribution in [0, 0.1) is 6.92 Å². The number of ether oxygens (including phenoxy) is 2. The average molecular weight is 842 g/mol. The van der Waals surface area contributed by atoms with E-state index in [0.29, 0.717) is 54.0 Å². The Kier molecular flexibility index (Phi) is 11.9. The minimum Gasteiger partial charge on any atom is -0.494 e. The van der Waals surface area contributed by atoms with Crippen LogP contribution >= 0.6 is 11.3 Å². The van der Waals surface area contributed by atoms with E-state index >= 15 is 0 Å². The van der Waals surface area contributed by atoms with Crippen molar-refractivity contribution in [1.82, 2.24) is 20.2 Å². The van der Waals surface area contributed by atoms with Crippen LogP contribution in [0.4, 0.5) is 16.5 Å². The van der Waals surface area contributed by atoms with Crippen LogP contribution in [0.1, 0.15) is 79.2 Å². The molecule has 3 aliphatic heterocycles. The molecule has 3 aromatic carbocycles. The molecule has 5 aromatic rings. The molecule has 6 amide bonds. The summed E-state index contributed by atoms with van der Waals surface area (Å²) in [6, 6.07) is 19.1. The summed E-state index contributed by atoms with van der Waals surface area (Å²) in [6.07, 6.45) is 6.51. The molecule has 0 spiro atoms. The first kappa shape index (κ1) is 40.8. The summed E-state index contributed by atoms with van der Waals surface area (Å²) in [5, 5.41) is 8.95. The number of thiazole rings is 1. The van der Waals surface area contributed by atoms with E-state index in [1.165, 1.54) is 24.6 Å². The Morgan fingerprint density at radius 3 is 2.66 bits per heavy atom. The van der Waals surface area contributed by atoms with Crippen molar-refractivity contribution in [1.29, 1.82) is 0 Å². The minimum atomic E-state index is -1.01. The van der Waals surface area contributed by atoms with Gasteiger partial charge in [-0.05, 0) is 92.6 Å². The van der Waals surface area contributed by atoms with E-state index in [4.69, 9.17) is 14.5 Å². The van der Waals surface area contributed by atoms with Crippen molar-refractivity contribution in [3.05, 3.63) is 112 Å². The van der Waals surface area contributed by atoms with Crippen molar-refractivity contribution >= 4 is 63.3 Å². The maximum Gasteiger partial charge on any atom is 0.264 e. The maximum atomic E-state index is 13.4. The van der Waals surface area contributed by atoms with Crippen LogP contribution in [-0.4, -0.2) is 83.2 Å². The number of carbonyl (C=O) groups is 6. The fourth-order valence-corrected chi connectivity index (χ4v) is 8.77. The number of fused-ring (bicyclic) bond motifs is 2. The molecule has 0 aliphatic carbocycles. The first-order valence-corrected chi connectivity index (χ1v) is 20.9. The fraction of sp³-hybridized carbons (Fsp3) is 0.289. The number of amides is 6. The number of imide groups is 2. The minimum absolute atomic E-state index is 0.0632. The van der Waals surface area contributed by atoms with Crippen molar-refractivity contribution in [3.8, 4) is 22.8 Å². The number of rotatable bonds is 15. The lowest BCUT2D eigenvalue weighted by atomic mass is 10.0. The summed E-state index contributed by atoms with van der Waals surface area (Å²) in [7, 11) is 1.52.